The van der Waals surface area contributed by atoms with Gasteiger partial charge in [0.25, 0.3) is 0 Å². The van der Waals surface area contributed by atoms with Gasteiger partial charge in [-0.25, -0.2) is 0 Å². The van der Waals surface area contributed by atoms with Gasteiger partial charge in [0.1, 0.15) is 11.5 Å². The summed E-state index contributed by atoms with van der Waals surface area (Å²) in [5.41, 5.74) is 6.07. The van der Waals surface area contributed by atoms with Crippen molar-refractivity contribution in [3.63, 3.8) is 0 Å². The average Bonchev–Trinajstić information content (AvgIpc) is 3.13. The normalized spacial score (nSPS) is 16.7. The van der Waals surface area contributed by atoms with Crippen LogP contribution in [0.4, 0.5) is 0 Å². The Morgan fingerprint density at radius 1 is 1.17 bits per heavy atom. The first-order valence-corrected chi connectivity index (χ1v) is 9.83. The Morgan fingerprint density at radius 3 is 2.79 bits per heavy atom. The van der Waals surface area contributed by atoms with Crippen LogP contribution < -0.4 is 4.74 Å². The lowest BCUT2D eigenvalue weighted by Gasteiger charge is -2.36. The smallest absolute Gasteiger partial charge is 0.119 e. The first-order chi connectivity index (χ1) is 14.2. The summed E-state index contributed by atoms with van der Waals surface area (Å²) < 4.78 is 5.45. The molecular formula is C24H23N3O2. The summed E-state index contributed by atoms with van der Waals surface area (Å²) in [5, 5.41) is 10.8. The lowest BCUT2D eigenvalue weighted by atomic mass is 9.92. The Kier molecular flexibility index (Phi) is 4.45. The Hall–Kier alpha value is -3.31. The van der Waals surface area contributed by atoms with Gasteiger partial charge in [-0.2, -0.15) is 0 Å². The van der Waals surface area contributed by atoms with E-state index in [4.69, 9.17) is 4.74 Å². The Balaban J connectivity index is 1.60. The quantitative estimate of drug-likeness (QED) is 0.546. The highest BCUT2D eigenvalue weighted by atomic mass is 16.5. The Morgan fingerprint density at radius 2 is 2.03 bits per heavy atom. The number of H-pyrrole nitrogens is 1. The number of rotatable bonds is 4. The van der Waals surface area contributed by atoms with E-state index < -0.39 is 0 Å². The van der Waals surface area contributed by atoms with E-state index in [0.29, 0.717) is 5.75 Å². The number of aromatic amines is 1. The van der Waals surface area contributed by atoms with E-state index >= 15 is 0 Å². The van der Waals surface area contributed by atoms with E-state index in [0.717, 1.165) is 30.8 Å². The van der Waals surface area contributed by atoms with Crippen LogP contribution >= 0.6 is 0 Å². The molecule has 2 aromatic carbocycles. The number of nitrogens with zero attached hydrogens (tertiary/aromatic N) is 2. The molecule has 0 bridgehead atoms. The highest BCUT2D eigenvalue weighted by Gasteiger charge is 2.32. The minimum Gasteiger partial charge on any atom is -0.508 e. The largest absolute Gasteiger partial charge is 0.508 e. The van der Waals surface area contributed by atoms with Gasteiger partial charge in [0.05, 0.1) is 13.2 Å². The van der Waals surface area contributed by atoms with Gasteiger partial charge in [-0.05, 0) is 59.5 Å². The summed E-state index contributed by atoms with van der Waals surface area (Å²) in [4.78, 5) is 10.5. The standard InChI is InChI=1S/C24H23N3O2/c1-29-19-8-9-22-21(13-19)20-10-12-27(15-16-4-6-18(28)7-5-16)24(23(20)26-22)17-3-2-11-25-14-17/h2-9,11,13-14,24,26,28H,10,12,15H2,1H3. The van der Waals surface area contributed by atoms with Crippen molar-refractivity contribution in [2.45, 2.75) is 19.0 Å². The van der Waals surface area contributed by atoms with Crippen molar-refractivity contribution < 1.29 is 9.84 Å². The molecule has 1 unspecified atom stereocenters. The van der Waals surface area contributed by atoms with Gasteiger partial charge in [-0.15, -0.1) is 0 Å². The summed E-state index contributed by atoms with van der Waals surface area (Å²) in [7, 11) is 1.71. The van der Waals surface area contributed by atoms with Crippen molar-refractivity contribution in [2.75, 3.05) is 13.7 Å². The van der Waals surface area contributed by atoms with Crippen molar-refractivity contribution in [1.29, 1.82) is 0 Å². The zero-order valence-corrected chi connectivity index (χ0v) is 16.3. The van der Waals surface area contributed by atoms with Gasteiger partial charge in [-0.1, -0.05) is 18.2 Å². The topological polar surface area (TPSA) is 61.4 Å². The fourth-order valence-corrected chi connectivity index (χ4v) is 4.37. The van der Waals surface area contributed by atoms with Crippen LogP contribution in [0.5, 0.6) is 11.5 Å². The van der Waals surface area contributed by atoms with Crippen molar-refractivity contribution in [3.05, 3.63) is 89.4 Å². The molecule has 1 aliphatic heterocycles. The number of pyridine rings is 1. The molecule has 1 aliphatic rings. The Bertz CT molecular complexity index is 1140. The van der Waals surface area contributed by atoms with Gasteiger partial charge in [-0.3, -0.25) is 9.88 Å². The molecular weight excluding hydrogens is 362 g/mol. The zero-order chi connectivity index (χ0) is 19.8. The third-order valence-corrected chi connectivity index (χ3v) is 5.76. The molecule has 0 fully saturated rings. The number of hydrogen-bond acceptors (Lipinski definition) is 4. The molecule has 2 N–H and O–H groups in total. The maximum Gasteiger partial charge on any atom is 0.119 e. The van der Waals surface area contributed by atoms with E-state index in [-0.39, 0.29) is 6.04 Å². The van der Waals surface area contributed by atoms with Crippen LogP contribution in [-0.4, -0.2) is 33.6 Å². The van der Waals surface area contributed by atoms with E-state index in [2.05, 4.69) is 33.1 Å². The minimum atomic E-state index is 0.0969. The molecule has 0 radical (unpaired) electrons. The number of nitrogens with one attached hydrogen (secondary N) is 1. The molecule has 0 saturated carbocycles. The highest BCUT2D eigenvalue weighted by Crippen LogP contribution is 2.39. The predicted molar refractivity (Wildman–Crippen MR) is 113 cm³/mol. The van der Waals surface area contributed by atoms with Crippen molar-refractivity contribution in [1.82, 2.24) is 14.9 Å². The van der Waals surface area contributed by atoms with Gasteiger partial charge in [0.2, 0.25) is 0 Å². The van der Waals surface area contributed by atoms with Crippen LogP contribution in [0.2, 0.25) is 0 Å². The number of ether oxygens (including phenoxy) is 1. The monoisotopic (exact) mass is 385 g/mol. The van der Waals surface area contributed by atoms with Crippen molar-refractivity contribution in [3.8, 4) is 11.5 Å². The fraction of sp³-hybridized carbons (Fsp3) is 0.208. The number of aromatic hydroxyl groups is 1. The molecule has 2 aromatic heterocycles. The molecule has 5 nitrogen and oxygen atoms in total. The first kappa shape index (κ1) is 17.8. The average molecular weight is 385 g/mol. The van der Waals surface area contributed by atoms with Gasteiger partial charge in [0.15, 0.2) is 0 Å². The van der Waals surface area contributed by atoms with E-state index in [1.165, 1.54) is 27.8 Å². The number of benzene rings is 2. The van der Waals surface area contributed by atoms with Crippen molar-refractivity contribution in [2.24, 2.45) is 0 Å². The van der Waals surface area contributed by atoms with Crippen LogP contribution in [0.15, 0.2) is 67.0 Å². The molecule has 5 heteroatoms. The van der Waals surface area contributed by atoms with E-state index in [9.17, 15) is 5.11 Å². The van der Waals surface area contributed by atoms with Gasteiger partial charge in [0, 0.05) is 42.1 Å². The van der Waals surface area contributed by atoms with Crippen LogP contribution in [0.1, 0.15) is 28.4 Å². The van der Waals surface area contributed by atoms with Crippen molar-refractivity contribution >= 4 is 10.9 Å². The molecule has 0 amide bonds. The van der Waals surface area contributed by atoms with Gasteiger partial charge < -0.3 is 14.8 Å². The molecule has 4 aromatic rings. The fourth-order valence-electron chi connectivity index (χ4n) is 4.37. The lowest BCUT2D eigenvalue weighted by molar-refractivity contribution is 0.201. The lowest BCUT2D eigenvalue weighted by Crippen LogP contribution is -2.35. The number of hydrogen-bond donors (Lipinski definition) is 2. The summed E-state index contributed by atoms with van der Waals surface area (Å²) in [5.74, 6) is 1.17. The molecule has 29 heavy (non-hydrogen) atoms. The van der Waals surface area contributed by atoms with Crippen LogP contribution in [0.3, 0.4) is 0 Å². The summed E-state index contributed by atoms with van der Waals surface area (Å²) in [6.45, 7) is 1.75. The molecule has 146 valence electrons. The second-order valence-corrected chi connectivity index (χ2v) is 7.50. The van der Waals surface area contributed by atoms with E-state index in [1.54, 1.807) is 19.2 Å². The summed E-state index contributed by atoms with van der Waals surface area (Å²) in [6.07, 6.45) is 4.74. The number of methoxy groups -OCH3 is 1. The Labute approximate surface area is 169 Å². The van der Waals surface area contributed by atoms with Gasteiger partial charge >= 0.3 is 0 Å². The number of aromatic nitrogens is 2. The van der Waals surface area contributed by atoms with Crippen LogP contribution in [0, 0.1) is 0 Å². The molecule has 0 aliphatic carbocycles. The van der Waals surface area contributed by atoms with Crippen LogP contribution in [0.25, 0.3) is 10.9 Å². The predicted octanol–water partition coefficient (Wildman–Crippen LogP) is 4.42. The number of phenols is 1. The highest BCUT2D eigenvalue weighted by molar-refractivity contribution is 5.86. The molecule has 3 heterocycles. The second-order valence-electron chi connectivity index (χ2n) is 7.50. The molecule has 0 spiro atoms. The number of fused-ring (bicyclic) bond motifs is 3. The third kappa shape index (κ3) is 3.23. The van der Waals surface area contributed by atoms with E-state index in [1.807, 2.05) is 36.7 Å². The molecule has 0 saturated heterocycles. The second kappa shape index (κ2) is 7.26. The maximum absolute atomic E-state index is 9.61. The first-order valence-electron chi connectivity index (χ1n) is 9.83. The molecule has 1 atom stereocenters. The number of phenolic OH excluding ortho intramolecular Hbond substituents is 1. The summed E-state index contributed by atoms with van der Waals surface area (Å²) >= 11 is 0. The minimum absolute atomic E-state index is 0.0969. The zero-order valence-electron chi connectivity index (χ0n) is 16.3. The SMILES string of the molecule is COc1ccc2[nH]c3c(c2c1)CCN(Cc1ccc(O)cc1)C3c1cccnc1. The third-order valence-electron chi connectivity index (χ3n) is 5.76. The summed E-state index contributed by atoms with van der Waals surface area (Å²) in [6, 6.07) is 17.9. The molecule has 5 rings (SSSR count). The van der Waals surface area contributed by atoms with Crippen LogP contribution in [-0.2, 0) is 13.0 Å². The maximum atomic E-state index is 9.61.